The van der Waals surface area contributed by atoms with Gasteiger partial charge in [-0.3, -0.25) is 0 Å². The number of rotatable bonds is 4. The Balaban J connectivity index is 1.68. The summed E-state index contributed by atoms with van der Waals surface area (Å²) < 4.78 is 13.0. The van der Waals surface area contributed by atoms with Crippen LogP contribution in [0.4, 0.5) is 0 Å². The number of hydrogen-bond acceptors (Lipinski definition) is 5. The fourth-order valence-electron chi connectivity index (χ4n) is 2.86. The molecule has 0 aliphatic carbocycles. The van der Waals surface area contributed by atoms with Gasteiger partial charge >= 0.3 is 5.97 Å². The second-order valence-electron chi connectivity index (χ2n) is 5.96. The summed E-state index contributed by atoms with van der Waals surface area (Å²) >= 11 is 0. The Morgan fingerprint density at radius 3 is 2.58 bits per heavy atom. The van der Waals surface area contributed by atoms with E-state index in [9.17, 15) is 4.79 Å². The van der Waals surface area contributed by atoms with Crippen LogP contribution in [0.3, 0.4) is 0 Å². The van der Waals surface area contributed by atoms with Gasteiger partial charge in [0.1, 0.15) is 6.61 Å². The van der Waals surface area contributed by atoms with Crippen molar-refractivity contribution in [3.05, 3.63) is 71.7 Å². The molecule has 0 saturated carbocycles. The number of imidazole rings is 1. The van der Waals surface area contributed by atoms with Crippen molar-refractivity contribution >= 4 is 17.0 Å². The van der Waals surface area contributed by atoms with Gasteiger partial charge in [-0.1, -0.05) is 42.5 Å². The third kappa shape index (κ3) is 2.86. The Kier molecular flexibility index (Phi) is 4.01. The molecule has 26 heavy (non-hydrogen) atoms. The lowest BCUT2D eigenvalue weighted by Gasteiger charge is -2.04. The van der Waals surface area contributed by atoms with E-state index in [4.69, 9.17) is 9.15 Å². The van der Waals surface area contributed by atoms with Crippen molar-refractivity contribution in [1.82, 2.24) is 14.5 Å². The van der Waals surface area contributed by atoms with Gasteiger partial charge < -0.3 is 13.7 Å². The molecule has 6 nitrogen and oxygen atoms in total. The lowest BCUT2D eigenvalue weighted by Crippen LogP contribution is -2.08. The van der Waals surface area contributed by atoms with Gasteiger partial charge in [-0.15, -0.1) is 0 Å². The predicted octanol–water partition coefficient (Wildman–Crippen LogP) is 3.89. The highest BCUT2D eigenvalue weighted by Crippen LogP contribution is 2.28. The Labute approximate surface area is 150 Å². The van der Waals surface area contributed by atoms with Crippen molar-refractivity contribution in [3.8, 4) is 11.6 Å². The standard InChI is InChI=1S/C20H17N3O3/c1-13-21-17(20(24)25-12-14-8-4-3-5-9-14)18(26-13)19-22-15-10-6-7-11-16(15)23(19)2/h3-11H,12H2,1-2H3. The molecule has 2 aromatic heterocycles. The van der Waals surface area contributed by atoms with E-state index < -0.39 is 5.97 Å². The Morgan fingerprint density at radius 1 is 1.08 bits per heavy atom. The fraction of sp³-hybridized carbons (Fsp3) is 0.150. The summed E-state index contributed by atoms with van der Waals surface area (Å²) in [6.07, 6.45) is 0. The van der Waals surface area contributed by atoms with Crippen molar-refractivity contribution in [2.75, 3.05) is 0 Å². The molecule has 0 aliphatic heterocycles. The zero-order valence-corrected chi connectivity index (χ0v) is 14.5. The van der Waals surface area contributed by atoms with E-state index in [1.807, 2.05) is 66.2 Å². The minimum absolute atomic E-state index is 0.136. The topological polar surface area (TPSA) is 70.2 Å². The second-order valence-corrected chi connectivity index (χ2v) is 5.96. The molecule has 0 unspecified atom stereocenters. The van der Waals surface area contributed by atoms with Gasteiger partial charge in [0.15, 0.2) is 17.4 Å². The highest BCUT2D eigenvalue weighted by atomic mass is 16.5. The van der Waals surface area contributed by atoms with Crippen LogP contribution in [0.15, 0.2) is 59.0 Å². The van der Waals surface area contributed by atoms with E-state index in [0.29, 0.717) is 17.5 Å². The summed E-state index contributed by atoms with van der Waals surface area (Å²) in [4.78, 5) is 21.4. The number of benzene rings is 2. The highest BCUT2D eigenvalue weighted by molar-refractivity contribution is 5.94. The number of fused-ring (bicyclic) bond motifs is 1. The monoisotopic (exact) mass is 347 g/mol. The average Bonchev–Trinajstić information content (AvgIpc) is 3.21. The lowest BCUT2D eigenvalue weighted by atomic mass is 10.2. The smallest absolute Gasteiger partial charge is 0.361 e. The van der Waals surface area contributed by atoms with Gasteiger partial charge in [-0.25, -0.2) is 14.8 Å². The van der Waals surface area contributed by atoms with Crippen LogP contribution < -0.4 is 0 Å². The molecule has 0 saturated heterocycles. The van der Waals surface area contributed by atoms with Crippen LogP contribution >= 0.6 is 0 Å². The van der Waals surface area contributed by atoms with Gasteiger partial charge in [-0.05, 0) is 17.7 Å². The van der Waals surface area contributed by atoms with E-state index in [1.54, 1.807) is 6.92 Å². The van der Waals surface area contributed by atoms with E-state index in [0.717, 1.165) is 16.6 Å². The molecule has 0 radical (unpaired) electrons. The molecule has 0 bridgehead atoms. The van der Waals surface area contributed by atoms with Gasteiger partial charge in [0.25, 0.3) is 0 Å². The molecule has 2 heterocycles. The Bertz CT molecular complexity index is 1080. The minimum Gasteiger partial charge on any atom is -0.456 e. The molecule has 0 atom stereocenters. The Morgan fingerprint density at radius 2 is 1.81 bits per heavy atom. The first-order valence-corrected chi connectivity index (χ1v) is 8.24. The van der Waals surface area contributed by atoms with E-state index in [1.165, 1.54) is 0 Å². The van der Waals surface area contributed by atoms with Crippen LogP contribution in [0.25, 0.3) is 22.6 Å². The minimum atomic E-state index is -0.534. The number of carbonyl (C=O) groups excluding carboxylic acids is 1. The first kappa shape index (κ1) is 16.1. The van der Waals surface area contributed by atoms with E-state index >= 15 is 0 Å². The number of hydrogen-bond donors (Lipinski definition) is 0. The van der Waals surface area contributed by atoms with Gasteiger partial charge in [0, 0.05) is 14.0 Å². The molecule has 4 aromatic rings. The van der Waals surface area contributed by atoms with Crippen LogP contribution in [0, 0.1) is 6.92 Å². The molecule has 0 amide bonds. The summed E-state index contributed by atoms with van der Waals surface area (Å²) in [5.74, 6) is 0.712. The normalized spacial score (nSPS) is 11.0. The van der Waals surface area contributed by atoms with E-state index in [2.05, 4.69) is 9.97 Å². The maximum absolute atomic E-state index is 12.6. The lowest BCUT2D eigenvalue weighted by molar-refractivity contribution is 0.0466. The molecule has 0 N–H and O–H groups in total. The van der Waals surface area contributed by atoms with Crippen molar-refractivity contribution in [2.45, 2.75) is 13.5 Å². The SMILES string of the molecule is Cc1nc(C(=O)OCc2ccccc2)c(-c2nc3ccccc3n2C)o1. The summed E-state index contributed by atoms with van der Waals surface area (Å²) in [6, 6.07) is 17.2. The van der Waals surface area contributed by atoms with Crippen molar-refractivity contribution in [2.24, 2.45) is 7.05 Å². The highest BCUT2D eigenvalue weighted by Gasteiger charge is 2.25. The van der Waals surface area contributed by atoms with Crippen LogP contribution in [0.5, 0.6) is 0 Å². The number of aryl methyl sites for hydroxylation is 2. The van der Waals surface area contributed by atoms with Gasteiger partial charge in [-0.2, -0.15) is 0 Å². The summed E-state index contributed by atoms with van der Waals surface area (Å²) in [5, 5.41) is 0. The molecule has 130 valence electrons. The van der Waals surface area contributed by atoms with Gasteiger partial charge in [0.2, 0.25) is 5.76 Å². The molecule has 0 spiro atoms. The van der Waals surface area contributed by atoms with Crippen molar-refractivity contribution < 1.29 is 13.9 Å². The largest absolute Gasteiger partial charge is 0.456 e. The van der Waals surface area contributed by atoms with Crippen molar-refractivity contribution in [1.29, 1.82) is 0 Å². The predicted molar refractivity (Wildman–Crippen MR) is 96.5 cm³/mol. The third-order valence-corrected chi connectivity index (χ3v) is 4.13. The number of aromatic nitrogens is 3. The quantitative estimate of drug-likeness (QED) is 0.524. The second kappa shape index (κ2) is 6.48. The molecule has 6 heteroatoms. The number of esters is 1. The van der Waals surface area contributed by atoms with Crippen LogP contribution in [0.2, 0.25) is 0 Å². The Hall–Kier alpha value is -3.41. The zero-order valence-electron chi connectivity index (χ0n) is 14.5. The number of nitrogens with zero attached hydrogens (tertiary/aromatic N) is 3. The maximum atomic E-state index is 12.6. The summed E-state index contributed by atoms with van der Waals surface area (Å²) in [7, 11) is 1.88. The van der Waals surface area contributed by atoms with Crippen LogP contribution in [-0.4, -0.2) is 20.5 Å². The van der Waals surface area contributed by atoms with Crippen LogP contribution in [0.1, 0.15) is 21.9 Å². The summed E-state index contributed by atoms with van der Waals surface area (Å²) in [5.41, 5.74) is 2.81. The molecule has 0 aliphatic rings. The average molecular weight is 347 g/mol. The van der Waals surface area contributed by atoms with Crippen LogP contribution in [-0.2, 0) is 18.4 Å². The summed E-state index contributed by atoms with van der Waals surface area (Å²) in [6.45, 7) is 1.87. The molecule has 0 fully saturated rings. The first-order valence-electron chi connectivity index (χ1n) is 8.24. The third-order valence-electron chi connectivity index (χ3n) is 4.13. The first-order chi connectivity index (χ1) is 12.6. The zero-order chi connectivity index (χ0) is 18.1. The number of carbonyl (C=O) groups is 1. The molecular formula is C20H17N3O3. The molecule has 2 aromatic carbocycles. The van der Waals surface area contributed by atoms with Gasteiger partial charge in [0.05, 0.1) is 11.0 Å². The molecular weight excluding hydrogens is 330 g/mol. The number of oxazole rings is 1. The fourth-order valence-corrected chi connectivity index (χ4v) is 2.86. The molecule has 4 rings (SSSR count). The number of para-hydroxylation sites is 2. The van der Waals surface area contributed by atoms with E-state index in [-0.39, 0.29) is 12.3 Å². The van der Waals surface area contributed by atoms with Crippen molar-refractivity contribution in [3.63, 3.8) is 0 Å². The maximum Gasteiger partial charge on any atom is 0.361 e. The number of ether oxygens (including phenoxy) is 1.